The van der Waals surface area contributed by atoms with Crippen molar-refractivity contribution in [2.75, 3.05) is 11.5 Å². The molecule has 2 aliphatic heterocycles. The smallest absolute Gasteiger partial charge is 0.352 e. The standard InChI is InChI=1S/C15H14N4O7S2/c16-15-17-7(5-27-15)6(1-2-9(20)21)11(22)18-10-12(23)19-8(14(24)25)3-4-28(26)13(10)19/h1,3,5,10,13H,2,4H2,(H2,16,17)(H,18,22)(H,20,21)(H,24,25)/b6-1-/t10-,13-,28?/m1/s1. The third-order valence-corrected chi connectivity index (χ3v) is 6.23. The molecule has 1 aromatic heterocycles. The van der Waals surface area contributed by atoms with Crippen LogP contribution in [0.15, 0.2) is 23.2 Å². The summed E-state index contributed by atoms with van der Waals surface area (Å²) in [5.41, 5.74) is 5.31. The number of carboxylic acids is 2. The summed E-state index contributed by atoms with van der Waals surface area (Å²) in [4.78, 5) is 51.9. The third-order valence-electron chi connectivity index (χ3n) is 4.04. The minimum atomic E-state index is -1.59. The Morgan fingerprint density at radius 2 is 2.14 bits per heavy atom. The summed E-state index contributed by atoms with van der Waals surface area (Å²) in [5.74, 6) is -4.08. The number of nitrogen functional groups attached to an aromatic ring is 1. The maximum absolute atomic E-state index is 12.7. The molecule has 1 unspecified atom stereocenters. The molecule has 1 saturated heterocycles. The summed E-state index contributed by atoms with van der Waals surface area (Å²) in [6.45, 7) is 0. The highest BCUT2D eigenvalue weighted by atomic mass is 32.2. The number of carbonyl (C=O) groups is 4. The van der Waals surface area contributed by atoms with Gasteiger partial charge in [0.05, 0.1) is 28.5 Å². The zero-order chi connectivity index (χ0) is 20.6. The molecule has 3 heterocycles. The summed E-state index contributed by atoms with van der Waals surface area (Å²) in [5, 5.41) is 21.1. The number of fused-ring (bicyclic) bond motifs is 1. The van der Waals surface area contributed by atoms with E-state index in [0.29, 0.717) is 0 Å². The fourth-order valence-electron chi connectivity index (χ4n) is 2.80. The number of amides is 2. The highest BCUT2D eigenvalue weighted by Crippen LogP contribution is 2.32. The minimum Gasteiger partial charge on any atom is -0.481 e. The zero-order valence-corrected chi connectivity index (χ0v) is 15.7. The van der Waals surface area contributed by atoms with E-state index in [1.165, 1.54) is 11.5 Å². The third kappa shape index (κ3) is 3.53. The molecule has 0 aliphatic carbocycles. The van der Waals surface area contributed by atoms with Gasteiger partial charge in [-0.05, 0) is 6.08 Å². The van der Waals surface area contributed by atoms with E-state index in [1.807, 2.05) is 0 Å². The van der Waals surface area contributed by atoms with Crippen molar-refractivity contribution in [3.8, 4) is 0 Å². The van der Waals surface area contributed by atoms with Crippen LogP contribution in [0.5, 0.6) is 0 Å². The lowest BCUT2D eigenvalue weighted by atomic mass is 10.0. The molecular weight excluding hydrogens is 412 g/mol. The molecule has 0 bridgehead atoms. The highest BCUT2D eigenvalue weighted by molar-refractivity contribution is 7.86. The van der Waals surface area contributed by atoms with Crippen molar-refractivity contribution in [1.82, 2.24) is 15.2 Å². The van der Waals surface area contributed by atoms with Gasteiger partial charge < -0.3 is 21.3 Å². The minimum absolute atomic E-state index is 0.0627. The van der Waals surface area contributed by atoms with Crippen LogP contribution in [0.25, 0.3) is 5.57 Å². The lowest BCUT2D eigenvalue weighted by Gasteiger charge is -2.47. The number of rotatable bonds is 6. The second-order valence-electron chi connectivity index (χ2n) is 5.78. The number of aromatic nitrogens is 1. The SMILES string of the molecule is Nc1nc(/C(=C/CC(=O)O)C(=O)N[C@@H]2C(=O)N3C(C(=O)O)=CCS(=O)[C@H]23)cs1. The Kier molecular flexibility index (Phi) is 5.29. The lowest BCUT2D eigenvalue weighted by molar-refractivity contribution is -0.150. The summed E-state index contributed by atoms with van der Waals surface area (Å²) in [6.07, 6.45) is 1.86. The average molecular weight is 426 g/mol. The second kappa shape index (κ2) is 7.52. The van der Waals surface area contributed by atoms with E-state index in [9.17, 15) is 23.4 Å². The Labute approximate surface area is 164 Å². The van der Waals surface area contributed by atoms with Crippen LogP contribution < -0.4 is 11.1 Å². The van der Waals surface area contributed by atoms with Crippen LogP contribution in [-0.2, 0) is 30.0 Å². The van der Waals surface area contributed by atoms with Gasteiger partial charge in [-0.3, -0.25) is 23.5 Å². The zero-order valence-electron chi connectivity index (χ0n) is 14.0. The number of nitrogens with two attached hydrogens (primary N) is 1. The summed E-state index contributed by atoms with van der Waals surface area (Å²) in [6, 6.07) is -1.19. The van der Waals surface area contributed by atoms with Crippen LogP contribution in [0.3, 0.4) is 0 Å². The number of hydrogen-bond acceptors (Lipinski definition) is 8. The normalized spacial score (nSPS) is 24.1. The molecule has 2 aliphatic rings. The molecule has 28 heavy (non-hydrogen) atoms. The first-order valence-corrected chi connectivity index (χ1v) is 10.0. The molecule has 2 amide bonds. The molecule has 1 aromatic rings. The van der Waals surface area contributed by atoms with Gasteiger partial charge in [-0.1, -0.05) is 6.08 Å². The molecule has 0 radical (unpaired) electrons. The molecule has 148 valence electrons. The van der Waals surface area contributed by atoms with Gasteiger partial charge in [-0.15, -0.1) is 11.3 Å². The monoisotopic (exact) mass is 426 g/mol. The molecule has 3 rings (SSSR count). The second-order valence-corrected chi connectivity index (χ2v) is 8.25. The first kappa shape index (κ1) is 19.7. The molecule has 3 atom stereocenters. The first-order chi connectivity index (χ1) is 13.2. The van der Waals surface area contributed by atoms with Crippen molar-refractivity contribution in [2.45, 2.75) is 17.8 Å². The quantitative estimate of drug-likeness (QED) is 0.326. The molecule has 0 saturated carbocycles. The van der Waals surface area contributed by atoms with Crippen LogP contribution in [0, 0.1) is 0 Å². The van der Waals surface area contributed by atoms with Crippen molar-refractivity contribution in [3.63, 3.8) is 0 Å². The summed E-state index contributed by atoms with van der Waals surface area (Å²) in [7, 11) is -1.59. The van der Waals surface area contributed by atoms with Gasteiger partial charge in [0.25, 0.3) is 11.8 Å². The Morgan fingerprint density at radius 3 is 2.71 bits per heavy atom. The van der Waals surface area contributed by atoms with E-state index >= 15 is 0 Å². The van der Waals surface area contributed by atoms with Crippen molar-refractivity contribution < 1.29 is 33.6 Å². The van der Waals surface area contributed by atoms with E-state index in [4.69, 9.17) is 15.9 Å². The molecule has 13 heteroatoms. The van der Waals surface area contributed by atoms with E-state index < -0.39 is 52.4 Å². The summed E-state index contributed by atoms with van der Waals surface area (Å²) < 4.78 is 12.2. The number of anilines is 1. The maximum Gasteiger partial charge on any atom is 0.352 e. The van der Waals surface area contributed by atoms with Gasteiger partial charge >= 0.3 is 11.9 Å². The molecule has 11 nitrogen and oxygen atoms in total. The van der Waals surface area contributed by atoms with E-state index in [1.54, 1.807) is 0 Å². The topological polar surface area (TPSA) is 180 Å². The van der Waals surface area contributed by atoms with Crippen molar-refractivity contribution in [3.05, 3.63) is 28.9 Å². The number of hydrogen-bond donors (Lipinski definition) is 4. The molecule has 0 aromatic carbocycles. The number of carbonyl (C=O) groups excluding carboxylic acids is 2. The Morgan fingerprint density at radius 1 is 1.43 bits per heavy atom. The Balaban J connectivity index is 1.83. The van der Waals surface area contributed by atoms with Crippen molar-refractivity contribution in [1.29, 1.82) is 0 Å². The Bertz CT molecular complexity index is 967. The van der Waals surface area contributed by atoms with Gasteiger partial charge in [0, 0.05) is 11.1 Å². The van der Waals surface area contributed by atoms with Crippen molar-refractivity contribution in [2.24, 2.45) is 0 Å². The fraction of sp³-hybridized carbons (Fsp3) is 0.267. The number of thiazole rings is 1. The summed E-state index contributed by atoms with van der Waals surface area (Å²) >= 11 is 1.05. The number of carboxylic acid groups (broad SMARTS) is 2. The molecule has 0 spiro atoms. The number of nitrogens with one attached hydrogen (secondary N) is 1. The fourth-order valence-corrected chi connectivity index (χ4v) is 4.83. The van der Waals surface area contributed by atoms with Crippen LogP contribution in [0.2, 0.25) is 0 Å². The van der Waals surface area contributed by atoms with Gasteiger partial charge in [-0.2, -0.15) is 0 Å². The van der Waals surface area contributed by atoms with E-state index in [2.05, 4.69) is 10.3 Å². The van der Waals surface area contributed by atoms with Gasteiger partial charge in [0.15, 0.2) is 5.13 Å². The molecular formula is C15H14N4O7S2. The number of aliphatic carboxylic acids is 2. The predicted octanol–water partition coefficient (Wildman–Crippen LogP) is -1.03. The van der Waals surface area contributed by atoms with Crippen LogP contribution in [0.1, 0.15) is 12.1 Å². The van der Waals surface area contributed by atoms with Crippen molar-refractivity contribution >= 4 is 56.6 Å². The predicted molar refractivity (Wildman–Crippen MR) is 98.0 cm³/mol. The molecule has 5 N–H and O–H groups in total. The van der Waals surface area contributed by atoms with Crippen LogP contribution in [0.4, 0.5) is 5.13 Å². The average Bonchev–Trinajstić information content (AvgIpc) is 3.05. The number of nitrogens with zero attached hydrogens (tertiary/aromatic N) is 2. The Hall–Kier alpha value is -3.06. The van der Waals surface area contributed by atoms with E-state index in [-0.39, 0.29) is 27.8 Å². The number of β-lactam (4-membered cyclic amide) rings is 1. The van der Waals surface area contributed by atoms with Crippen LogP contribution in [-0.4, -0.2) is 65.2 Å². The highest BCUT2D eigenvalue weighted by Gasteiger charge is 2.55. The van der Waals surface area contributed by atoms with Gasteiger partial charge in [0.2, 0.25) is 0 Å². The van der Waals surface area contributed by atoms with Gasteiger partial charge in [0.1, 0.15) is 17.1 Å². The molecule has 1 fully saturated rings. The maximum atomic E-state index is 12.7. The van der Waals surface area contributed by atoms with E-state index in [0.717, 1.165) is 22.3 Å². The largest absolute Gasteiger partial charge is 0.481 e. The van der Waals surface area contributed by atoms with Crippen LogP contribution >= 0.6 is 11.3 Å². The van der Waals surface area contributed by atoms with Gasteiger partial charge in [-0.25, -0.2) is 9.78 Å². The lowest BCUT2D eigenvalue weighted by Crippen LogP contribution is -2.73. The first-order valence-electron chi connectivity index (χ1n) is 7.78.